The summed E-state index contributed by atoms with van der Waals surface area (Å²) in [5, 5.41) is 0. The van der Waals surface area contributed by atoms with E-state index >= 15 is 0 Å². The summed E-state index contributed by atoms with van der Waals surface area (Å²) in [6.45, 7) is 0.610. The number of fused-ring (bicyclic) bond motifs is 1. The maximum absolute atomic E-state index is 11.5. The lowest BCUT2D eigenvalue weighted by atomic mass is 10.4. The van der Waals surface area contributed by atoms with Gasteiger partial charge in [-0.1, -0.05) is 0 Å². The van der Waals surface area contributed by atoms with Gasteiger partial charge in [-0.3, -0.25) is 4.57 Å². The van der Waals surface area contributed by atoms with Crippen molar-refractivity contribution in [1.29, 1.82) is 0 Å². The van der Waals surface area contributed by atoms with Crippen molar-refractivity contribution >= 4 is 35.2 Å². The quantitative estimate of drug-likeness (QED) is 0.841. The number of alkyl halides is 1. The molecule has 4 nitrogen and oxygen atoms in total. The number of rotatable bonds is 3. The van der Waals surface area contributed by atoms with E-state index in [2.05, 4.69) is 9.97 Å². The number of nitrogens with zero attached hydrogens (tertiary/aromatic N) is 2. The predicted octanol–water partition coefficient (Wildman–Crippen LogP) is 1.78. The lowest BCUT2D eigenvalue weighted by molar-refractivity contribution is 0.672. The highest BCUT2D eigenvalue weighted by Gasteiger charge is 2.05. The average Bonchev–Trinajstić information content (AvgIpc) is 2.51. The first-order valence-electron chi connectivity index (χ1n) is 4.42. The van der Waals surface area contributed by atoms with Crippen molar-refractivity contribution in [3.05, 3.63) is 28.8 Å². The van der Waals surface area contributed by atoms with Gasteiger partial charge in [0.15, 0.2) is 5.65 Å². The van der Waals surface area contributed by atoms with E-state index in [1.165, 1.54) is 0 Å². The molecular formula is C9H11Cl2N3O. The smallest absolute Gasteiger partial charge is 0.304 e. The zero-order chi connectivity index (χ0) is 9.97. The zero-order valence-corrected chi connectivity index (χ0v) is 9.51. The number of pyridine rings is 1. The number of nitrogens with one attached hydrogen (secondary N) is 1. The molecule has 0 saturated heterocycles. The molecule has 1 N–H and O–H groups in total. The molecule has 0 bridgehead atoms. The third-order valence-electron chi connectivity index (χ3n) is 2.04. The molecule has 0 amide bonds. The topological polar surface area (TPSA) is 50.7 Å². The number of halogens is 2. The third kappa shape index (κ3) is 2.33. The number of imidazole rings is 1. The number of H-pyrrole nitrogens is 1. The summed E-state index contributed by atoms with van der Waals surface area (Å²) in [6, 6.07) is 3.63. The van der Waals surface area contributed by atoms with Crippen molar-refractivity contribution in [2.24, 2.45) is 0 Å². The molecule has 0 spiro atoms. The lowest BCUT2D eigenvalue weighted by Gasteiger charge is -1.98. The van der Waals surface area contributed by atoms with Gasteiger partial charge in [0.2, 0.25) is 0 Å². The highest BCUT2D eigenvalue weighted by molar-refractivity contribution is 6.17. The highest BCUT2D eigenvalue weighted by atomic mass is 35.5. The largest absolute Gasteiger partial charge is 0.327 e. The van der Waals surface area contributed by atoms with Gasteiger partial charge in [0, 0.05) is 18.6 Å². The molecule has 2 aromatic rings. The van der Waals surface area contributed by atoms with E-state index in [1.807, 2.05) is 6.07 Å². The van der Waals surface area contributed by atoms with E-state index in [-0.39, 0.29) is 18.1 Å². The Balaban J connectivity index is 0.00000112. The van der Waals surface area contributed by atoms with E-state index in [0.29, 0.717) is 18.1 Å². The van der Waals surface area contributed by atoms with Crippen molar-refractivity contribution in [1.82, 2.24) is 14.5 Å². The molecule has 82 valence electrons. The standard InChI is InChI=1S/C9H10ClN3O.ClH/c10-4-2-6-13-8-7(12-9(13)14)3-1-5-11-8;/h1,3,5H,2,4,6H2,(H,12,14);1H. The molecule has 0 unspecified atom stereocenters. The van der Waals surface area contributed by atoms with Gasteiger partial charge in [0.05, 0.1) is 5.52 Å². The van der Waals surface area contributed by atoms with Crippen molar-refractivity contribution in [3.8, 4) is 0 Å². The lowest BCUT2D eigenvalue weighted by Crippen LogP contribution is -2.17. The summed E-state index contributed by atoms with van der Waals surface area (Å²) in [5.74, 6) is 0.548. The van der Waals surface area contributed by atoms with Gasteiger partial charge in [-0.25, -0.2) is 9.78 Å². The van der Waals surface area contributed by atoms with Gasteiger partial charge in [-0.2, -0.15) is 0 Å². The van der Waals surface area contributed by atoms with Gasteiger partial charge in [-0.15, -0.1) is 24.0 Å². The van der Waals surface area contributed by atoms with Crippen molar-refractivity contribution in [3.63, 3.8) is 0 Å². The molecule has 0 aliphatic carbocycles. The van der Waals surface area contributed by atoms with Crippen LogP contribution in [-0.4, -0.2) is 20.4 Å². The molecule has 15 heavy (non-hydrogen) atoms. The number of aromatic amines is 1. The Bertz CT molecular complexity index is 491. The molecule has 6 heteroatoms. The van der Waals surface area contributed by atoms with E-state index in [9.17, 15) is 4.79 Å². The van der Waals surface area contributed by atoms with Crippen LogP contribution >= 0.6 is 24.0 Å². The average molecular weight is 248 g/mol. The van der Waals surface area contributed by atoms with Crippen LogP contribution < -0.4 is 5.69 Å². The zero-order valence-electron chi connectivity index (χ0n) is 7.94. The monoisotopic (exact) mass is 247 g/mol. The van der Waals surface area contributed by atoms with Crippen LogP contribution in [0.25, 0.3) is 11.2 Å². The van der Waals surface area contributed by atoms with Crippen molar-refractivity contribution < 1.29 is 0 Å². The fraction of sp³-hybridized carbons (Fsp3) is 0.333. The molecule has 0 aliphatic heterocycles. The summed E-state index contributed by atoms with van der Waals surface area (Å²) in [5.41, 5.74) is 1.35. The fourth-order valence-electron chi connectivity index (χ4n) is 1.41. The Morgan fingerprint density at radius 2 is 2.33 bits per heavy atom. The number of hydrogen-bond donors (Lipinski definition) is 1. The first kappa shape index (κ1) is 12.1. The van der Waals surface area contributed by atoms with Gasteiger partial charge >= 0.3 is 5.69 Å². The van der Waals surface area contributed by atoms with Gasteiger partial charge in [-0.05, 0) is 18.6 Å². The molecule has 0 aliphatic rings. The molecular weight excluding hydrogens is 237 g/mol. The second-order valence-electron chi connectivity index (χ2n) is 3.00. The Hall–Kier alpha value is -1.000. The van der Waals surface area contributed by atoms with Gasteiger partial charge in [0.25, 0.3) is 0 Å². The van der Waals surface area contributed by atoms with Crippen LogP contribution in [0.1, 0.15) is 6.42 Å². The van der Waals surface area contributed by atoms with Crippen LogP contribution in [0.5, 0.6) is 0 Å². The second kappa shape index (κ2) is 5.19. The number of aromatic nitrogens is 3. The normalized spacial score (nSPS) is 10.2. The first-order chi connectivity index (χ1) is 6.83. The van der Waals surface area contributed by atoms with E-state index < -0.39 is 0 Å². The maximum atomic E-state index is 11.5. The summed E-state index contributed by atoms with van der Waals surface area (Å²) in [6.07, 6.45) is 2.44. The molecule has 0 fully saturated rings. The van der Waals surface area contributed by atoms with Crippen LogP contribution in [0.15, 0.2) is 23.1 Å². The van der Waals surface area contributed by atoms with E-state index in [4.69, 9.17) is 11.6 Å². The van der Waals surface area contributed by atoms with Crippen LogP contribution in [0, 0.1) is 0 Å². The van der Waals surface area contributed by atoms with Crippen LogP contribution in [-0.2, 0) is 6.54 Å². The minimum Gasteiger partial charge on any atom is -0.304 e. The Labute approximate surface area is 97.7 Å². The SMILES string of the molecule is Cl.O=c1[nH]c2cccnc2n1CCCCl. The summed E-state index contributed by atoms with van der Waals surface area (Å²) in [4.78, 5) is 18.4. The van der Waals surface area contributed by atoms with E-state index in [1.54, 1.807) is 16.8 Å². The Morgan fingerprint density at radius 3 is 3.07 bits per heavy atom. The van der Waals surface area contributed by atoms with Crippen LogP contribution in [0.4, 0.5) is 0 Å². The molecule has 0 saturated carbocycles. The van der Waals surface area contributed by atoms with Crippen LogP contribution in [0.3, 0.4) is 0 Å². The summed E-state index contributed by atoms with van der Waals surface area (Å²) < 4.78 is 1.61. The molecule has 0 aromatic carbocycles. The molecule has 0 atom stereocenters. The second-order valence-corrected chi connectivity index (χ2v) is 3.38. The highest BCUT2D eigenvalue weighted by Crippen LogP contribution is 2.05. The van der Waals surface area contributed by atoms with Crippen molar-refractivity contribution in [2.45, 2.75) is 13.0 Å². The van der Waals surface area contributed by atoms with E-state index in [0.717, 1.165) is 11.9 Å². The fourth-order valence-corrected chi connectivity index (χ4v) is 1.53. The third-order valence-corrected chi connectivity index (χ3v) is 2.31. The van der Waals surface area contributed by atoms with Crippen LogP contribution in [0.2, 0.25) is 0 Å². The van der Waals surface area contributed by atoms with Gasteiger partial charge < -0.3 is 4.98 Å². The minimum atomic E-state index is -0.121. The summed E-state index contributed by atoms with van der Waals surface area (Å²) >= 11 is 5.58. The Kier molecular flexibility index (Phi) is 4.17. The molecule has 0 radical (unpaired) electrons. The minimum absolute atomic E-state index is 0. The maximum Gasteiger partial charge on any atom is 0.327 e. The number of hydrogen-bond acceptors (Lipinski definition) is 2. The van der Waals surface area contributed by atoms with Crippen molar-refractivity contribution in [2.75, 3.05) is 5.88 Å². The molecule has 2 aromatic heterocycles. The molecule has 2 heterocycles. The molecule has 2 rings (SSSR count). The predicted molar refractivity (Wildman–Crippen MR) is 62.9 cm³/mol. The van der Waals surface area contributed by atoms with Gasteiger partial charge in [0.1, 0.15) is 0 Å². The first-order valence-corrected chi connectivity index (χ1v) is 4.96. The Morgan fingerprint density at radius 1 is 1.53 bits per heavy atom. The summed E-state index contributed by atoms with van der Waals surface area (Å²) in [7, 11) is 0. The number of aryl methyl sites for hydroxylation is 1.